The number of carbonyl (C=O) groups is 1. The third kappa shape index (κ3) is 5.77. The number of rotatable bonds is 6. The molecule has 0 bridgehead atoms. The molecule has 0 saturated heterocycles. The van der Waals surface area contributed by atoms with Gasteiger partial charge in [0.1, 0.15) is 24.0 Å². The molecule has 0 atom stereocenters. The zero-order chi connectivity index (χ0) is 21.5. The van der Waals surface area contributed by atoms with Crippen molar-refractivity contribution in [1.82, 2.24) is 0 Å². The summed E-state index contributed by atoms with van der Waals surface area (Å²) in [5.74, 6) is 0.0316. The summed E-state index contributed by atoms with van der Waals surface area (Å²) in [5, 5.41) is 13.3. The zero-order valence-corrected chi connectivity index (χ0v) is 17.8. The molecule has 0 saturated carbocycles. The highest BCUT2D eigenvalue weighted by molar-refractivity contribution is 6.42. The SMILES string of the molecule is N#C/C(=C\c1cccc(OCc2ccccc2Cl)c1)C(=O)Nc1ccc(Cl)c(Cl)c1. The summed E-state index contributed by atoms with van der Waals surface area (Å²) >= 11 is 18.0. The molecule has 0 aliphatic heterocycles. The van der Waals surface area contributed by atoms with Gasteiger partial charge in [-0.05, 0) is 48.0 Å². The van der Waals surface area contributed by atoms with Crippen LogP contribution in [-0.4, -0.2) is 5.91 Å². The van der Waals surface area contributed by atoms with Gasteiger partial charge in [-0.25, -0.2) is 0 Å². The second-order valence-corrected chi connectivity index (χ2v) is 7.43. The van der Waals surface area contributed by atoms with E-state index in [9.17, 15) is 10.1 Å². The van der Waals surface area contributed by atoms with Gasteiger partial charge >= 0.3 is 0 Å². The number of nitrogens with zero attached hydrogens (tertiary/aromatic N) is 1. The minimum absolute atomic E-state index is 0.0654. The molecule has 7 heteroatoms. The van der Waals surface area contributed by atoms with Crippen LogP contribution in [0.2, 0.25) is 15.1 Å². The van der Waals surface area contributed by atoms with Gasteiger partial charge in [0.2, 0.25) is 0 Å². The van der Waals surface area contributed by atoms with Crippen molar-refractivity contribution in [1.29, 1.82) is 5.26 Å². The van der Waals surface area contributed by atoms with Crippen molar-refractivity contribution in [3.05, 3.63) is 98.5 Å². The van der Waals surface area contributed by atoms with Crippen molar-refractivity contribution in [2.24, 2.45) is 0 Å². The molecule has 4 nitrogen and oxygen atoms in total. The van der Waals surface area contributed by atoms with E-state index >= 15 is 0 Å². The molecule has 0 spiro atoms. The summed E-state index contributed by atoms with van der Waals surface area (Å²) < 4.78 is 5.78. The predicted octanol–water partition coefficient (Wildman–Crippen LogP) is 6.77. The number of hydrogen-bond acceptors (Lipinski definition) is 3. The molecule has 0 fully saturated rings. The Balaban J connectivity index is 1.73. The van der Waals surface area contributed by atoms with E-state index in [4.69, 9.17) is 39.5 Å². The minimum Gasteiger partial charge on any atom is -0.489 e. The monoisotopic (exact) mass is 456 g/mol. The van der Waals surface area contributed by atoms with E-state index in [1.165, 1.54) is 12.1 Å². The molecule has 0 aliphatic carbocycles. The number of anilines is 1. The zero-order valence-electron chi connectivity index (χ0n) is 15.5. The molecular weight excluding hydrogens is 443 g/mol. The average Bonchev–Trinajstić information content (AvgIpc) is 2.74. The van der Waals surface area contributed by atoms with Gasteiger partial charge in [-0.2, -0.15) is 5.26 Å². The van der Waals surface area contributed by atoms with E-state index in [1.54, 1.807) is 42.5 Å². The van der Waals surface area contributed by atoms with Crippen molar-refractivity contribution >= 4 is 52.5 Å². The highest BCUT2D eigenvalue weighted by atomic mass is 35.5. The molecule has 3 aromatic carbocycles. The molecule has 30 heavy (non-hydrogen) atoms. The van der Waals surface area contributed by atoms with E-state index in [2.05, 4.69) is 5.32 Å². The average molecular weight is 458 g/mol. The van der Waals surface area contributed by atoms with Gasteiger partial charge in [0.05, 0.1) is 10.0 Å². The fraction of sp³-hybridized carbons (Fsp3) is 0.0435. The Bertz CT molecular complexity index is 1150. The number of benzene rings is 3. The molecule has 0 heterocycles. The third-order valence-electron chi connectivity index (χ3n) is 4.06. The fourth-order valence-corrected chi connectivity index (χ4v) is 3.05. The number of nitriles is 1. The van der Waals surface area contributed by atoms with Gasteiger partial charge in [0, 0.05) is 16.3 Å². The van der Waals surface area contributed by atoms with Crippen LogP contribution in [0.1, 0.15) is 11.1 Å². The van der Waals surface area contributed by atoms with E-state index in [0.717, 1.165) is 5.56 Å². The minimum atomic E-state index is -0.557. The first-order valence-corrected chi connectivity index (χ1v) is 9.94. The van der Waals surface area contributed by atoms with Gasteiger partial charge in [0.15, 0.2) is 0 Å². The Labute approximate surface area is 189 Å². The predicted molar refractivity (Wildman–Crippen MR) is 121 cm³/mol. The van der Waals surface area contributed by atoms with Gasteiger partial charge in [-0.1, -0.05) is 65.1 Å². The first-order chi connectivity index (χ1) is 14.5. The maximum atomic E-state index is 12.5. The quantitative estimate of drug-likeness (QED) is 0.328. The van der Waals surface area contributed by atoms with Crippen LogP contribution in [0.15, 0.2) is 72.3 Å². The van der Waals surface area contributed by atoms with Gasteiger partial charge < -0.3 is 10.1 Å². The van der Waals surface area contributed by atoms with Crippen LogP contribution in [0, 0.1) is 11.3 Å². The van der Waals surface area contributed by atoms with Gasteiger partial charge in [-0.3, -0.25) is 4.79 Å². The first-order valence-electron chi connectivity index (χ1n) is 8.81. The molecular formula is C23H15Cl3N2O2. The molecule has 0 aromatic heterocycles. The van der Waals surface area contributed by atoms with E-state index in [-0.39, 0.29) is 5.57 Å². The van der Waals surface area contributed by atoms with Gasteiger partial charge in [-0.15, -0.1) is 0 Å². The number of halogens is 3. The molecule has 1 N–H and O–H groups in total. The molecule has 0 aliphatic rings. The lowest BCUT2D eigenvalue weighted by Crippen LogP contribution is -2.13. The Hall–Kier alpha value is -2.97. The highest BCUT2D eigenvalue weighted by Gasteiger charge is 2.11. The van der Waals surface area contributed by atoms with E-state index in [0.29, 0.717) is 38.7 Å². The standard InChI is InChI=1S/C23H15Cl3N2O2/c24-20-7-2-1-5-16(20)14-30-19-6-3-4-15(11-19)10-17(13-27)23(29)28-18-8-9-21(25)22(26)12-18/h1-12H,14H2,(H,28,29)/b17-10+. The number of amides is 1. The Kier molecular flexibility index (Phi) is 7.37. The van der Waals surface area contributed by atoms with Crippen molar-refractivity contribution < 1.29 is 9.53 Å². The number of nitrogens with one attached hydrogen (secondary N) is 1. The van der Waals surface area contributed by atoms with Gasteiger partial charge in [0.25, 0.3) is 5.91 Å². The van der Waals surface area contributed by atoms with Crippen molar-refractivity contribution in [2.75, 3.05) is 5.32 Å². The van der Waals surface area contributed by atoms with Crippen molar-refractivity contribution in [3.8, 4) is 11.8 Å². The van der Waals surface area contributed by atoms with Crippen LogP contribution in [0.3, 0.4) is 0 Å². The van der Waals surface area contributed by atoms with Crippen molar-refractivity contribution in [3.63, 3.8) is 0 Å². The largest absolute Gasteiger partial charge is 0.489 e. The summed E-state index contributed by atoms with van der Waals surface area (Å²) in [5.41, 5.74) is 1.88. The lowest BCUT2D eigenvalue weighted by atomic mass is 10.1. The summed E-state index contributed by atoms with van der Waals surface area (Å²) in [6.45, 7) is 0.301. The molecule has 3 rings (SSSR count). The van der Waals surface area contributed by atoms with Crippen molar-refractivity contribution in [2.45, 2.75) is 6.61 Å². The molecule has 1 amide bonds. The van der Waals surface area contributed by atoms with E-state index in [1.807, 2.05) is 24.3 Å². The number of ether oxygens (including phenoxy) is 1. The van der Waals surface area contributed by atoms with Crippen LogP contribution in [0.4, 0.5) is 5.69 Å². The lowest BCUT2D eigenvalue weighted by Gasteiger charge is -2.09. The lowest BCUT2D eigenvalue weighted by molar-refractivity contribution is -0.112. The summed E-state index contributed by atoms with van der Waals surface area (Å²) in [6.07, 6.45) is 1.48. The van der Waals surface area contributed by atoms with Crippen LogP contribution < -0.4 is 10.1 Å². The molecule has 150 valence electrons. The molecule has 0 unspecified atom stereocenters. The summed E-state index contributed by atoms with van der Waals surface area (Å²) in [7, 11) is 0. The second kappa shape index (κ2) is 10.2. The van der Waals surface area contributed by atoms with Crippen LogP contribution in [-0.2, 0) is 11.4 Å². The summed E-state index contributed by atoms with van der Waals surface area (Å²) in [4.78, 5) is 12.5. The fourth-order valence-electron chi connectivity index (χ4n) is 2.56. The van der Waals surface area contributed by atoms with Crippen LogP contribution in [0.5, 0.6) is 5.75 Å². The smallest absolute Gasteiger partial charge is 0.266 e. The second-order valence-electron chi connectivity index (χ2n) is 6.21. The van der Waals surface area contributed by atoms with Crippen LogP contribution >= 0.6 is 34.8 Å². The van der Waals surface area contributed by atoms with Crippen LogP contribution in [0.25, 0.3) is 6.08 Å². The Morgan fingerprint density at radius 1 is 0.967 bits per heavy atom. The topological polar surface area (TPSA) is 62.1 Å². The third-order valence-corrected chi connectivity index (χ3v) is 5.17. The summed E-state index contributed by atoms with van der Waals surface area (Å²) in [6, 6.07) is 21.1. The highest BCUT2D eigenvalue weighted by Crippen LogP contribution is 2.25. The first kappa shape index (κ1) is 21.7. The Morgan fingerprint density at radius 2 is 1.77 bits per heavy atom. The Morgan fingerprint density at radius 3 is 2.50 bits per heavy atom. The molecule has 3 aromatic rings. The number of hydrogen-bond donors (Lipinski definition) is 1. The maximum absolute atomic E-state index is 12.5. The molecule has 0 radical (unpaired) electrons. The normalized spacial score (nSPS) is 10.9. The maximum Gasteiger partial charge on any atom is 0.266 e. The van der Waals surface area contributed by atoms with E-state index < -0.39 is 5.91 Å². The number of carbonyl (C=O) groups excluding carboxylic acids is 1.